The summed E-state index contributed by atoms with van der Waals surface area (Å²) in [5.41, 5.74) is 3.87. The van der Waals surface area contributed by atoms with Gasteiger partial charge in [0.2, 0.25) is 0 Å². The molecule has 0 fully saturated rings. The van der Waals surface area contributed by atoms with Crippen molar-refractivity contribution < 1.29 is 14.3 Å². The van der Waals surface area contributed by atoms with Gasteiger partial charge in [-0.1, -0.05) is 47.5 Å². The van der Waals surface area contributed by atoms with Crippen LogP contribution in [0.4, 0.5) is 0 Å². The lowest BCUT2D eigenvalue weighted by Gasteiger charge is -2.19. The van der Waals surface area contributed by atoms with E-state index in [2.05, 4.69) is 5.32 Å². The molecule has 2 rings (SSSR count). The monoisotopic (exact) mass is 407 g/mol. The number of carbonyl (C=O) groups excluding carboxylic acids is 2. The summed E-state index contributed by atoms with van der Waals surface area (Å²) in [6.45, 7) is 7.35. The Morgan fingerprint density at radius 2 is 1.74 bits per heavy atom. The van der Waals surface area contributed by atoms with E-state index in [4.69, 9.17) is 27.9 Å². The van der Waals surface area contributed by atoms with Crippen molar-refractivity contribution in [2.45, 2.75) is 46.3 Å². The first-order chi connectivity index (χ1) is 12.7. The number of hydrogen-bond donors (Lipinski definition) is 1. The third-order valence-corrected chi connectivity index (χ3v) is 4.95. The normalized spacial score (nSPS) is 13.0. The maximum Gasteiger partial charge on any atom is 0.311 e. The Morgan fingerprint density at radius 3 is 2.37 bits per heavy atom. The zero-order valence-electron chi connectivity index (χ0n) is 15.8. The number of ether oxygens (including phenoxy) is 1. The maximum absolute atomic E-state index is 12.3. The average molecular weight is 408 g/mol. The lowest BCUT2D eigenvalue weighted by Crippen LogP contribution is -2.37. The van der Waals surface area contributed by atoms with Crippen molar-refractivity contribution in [2.75, 3.05) is 0 Å². The summed E-state index contributed by atoms with van der Waals surface area (Å²) < 4.78 is 5.27. The Hall–Kier alpha value is -2.04. The number of carbonyl (C=O) groups is 2. The zero-order chi connectivity index (χ0) is 20.1. The average Bonchev–Trinajstić information content (AvgIpc) is 2.57. The zero-order valence-corrected chi connectivity index (χ0v) is 17.3. The second-order valence-corrected chi connectivity index (χ2v) is 7.47. The van der Waals surface area contributed by atoms with Crippen molar-refractivity contribution in [2.24, 2.45) is 0 Å². The van der Waals surface area contributed by atoms with E-state index in [1.165, 1.54) is 0 Å². The number of aryl methyl sites for hydroxylation is 2. The highest BCUT2D eigenvalue weighted by molar-refractivity contribution is 6.35. The Bertz CT molecular complexity index is 851. The summed E-state index contributed by atoms with van der Waals surface area (Å²) in [6.07, 6.45) is -0.783. The van der Waals surface area contributed by atoms with Gasteiger partial charge in [0, 0.05) is 10.0 Å². The molecule has 0 radical (unpaired) electrons. The van der Waals surface area contributed by atoms with Gasteiger partial charge in [0.25, 0.3) is 5.91 Å². The highest BCUT2D eigenvalue weighted by Gasteiger charge is 2.21. The molecule has 0 saturated heterocycles. The molecule has 1 N–H and O–H groups in total. The van der Waals surface area contributed by atoms with Gasteiger partial charge in [-0.25, -0.2) is 0 Å². The van der Waals surface area contributed by atoms with Gasteiger partial charge in [-0.3, -0.25) is 9.59 Å². The van der Waals surface area contributed by atoms with Crippen molar-refractivity contribution >= 4 is 35.1 Å². The van der Waals surface area contributed by atoms with E-state index in [0.29, 0.717) is 10.0 Å². The van der Waals surface area contributed by atoms with Crippen LogP contribution in [0.5, 0.6) is 0 Å². The van der Waals surface area contributed by atoms with E-state index in [-0.39, 0.29) is 18.4 Å². The fourth-order valence-corrected chi connectivity index (χ4v) is 3.21. The van der Waals surface area contributed by atoms with E-state index in [9.17, 15) is 9.59 Å². The Labute approximate surface area is 169 Å². The molecule has 0 aliphatic carbocycles. The van der Waals surface area contributed by atoms with Crippen molar-refractivity contribution in [3.63, 3.8) is 0 Å². The SMILES string of the molecule is Cc1ccc(CC(=O)O[C@H](C)C(=O)N[C@@H](C)c2ccc(Cl)cc2Cl)cc1C. The van der Waals surface area contributed by atoms with Crippen LogP contribution in [0.2, 0.25) is 10.0 Å². The molecule has 2 aromatic carbocycles. The summed E-state index contributed by atoms with van der Waals surface area (Å²) >= 11 is 12.1. The van der Waals surface area contributed by atoms with Crippen LogP contribution in [0.25, 0.3) is 0 Å². The molecule has 144 valence electrons. The number of hydrogen-bond acceptors (Lipinski definition) is 3. The van der Waals surface area contributed by atoms with E-state index in [1.54, 1.807) is 32.0 Å². The minimum absolute atomic E-state index is 0.122. The molecule has 2 atom stereocenters. The van der Waals surface area contributed by atoms with Crippen molar-refractivity contribution in [3.8, 4) is 0 Å². The molecule has 0 aromatic heterocycles. The molecular weight excluding hydrogens is 385 g/mol. The summed E-state index contributed by atoms with van der Waals surface area (Å²) in [6, 6.07) is 10.5. The number of benzene rings is 2. The fraction of sp³-hybridized carbons (Fsp3) is 0.333. The number of amides is 1. The van der Waals surface area contributed by atoms with Gasteiger partial charge in [0.1, 0.15) is 0 Å². The molecule has 0 aliphatic heterocycles. The molecule has 27 heavy (non-hydrogen) atoms. The lowest BCUT2D eigenvalue weighted by atomic mass is 10.0. The highest BCUT2D eigenvalue weighted by Crippen LogP contribution is 2.26. The second-order valence-electron chi connectivity index (χ2n) is 6.62. The van der Waals surface area contributed by atoms with Crippen LogP contribution in [0.3, 0.4) is 0 Å². The number of esters is 1. The molecule has 0 saturated carbocycles. The molecule has 0 heterocycles. The van der Waals surface area contributed by atoms with E-state index < -0.39 is 12.1 Å². The van der Waals surface area contributed by atoms with Crippen LogP contribution in [0, 0.1) is 13.8 Å². The van der Waals surface area contributed by atoms with Crippen molar-refractivity contribution in [1.29, 1.82) is 0 Å². The minimum atomic E-state index is -0.905. The lowest BCUT2D eigenvalue weighted by molar-refractivity contribution is -0.154. The van der Waals surface area contributed by atoms with Crippen molar-refractivity contribution in [3.05, 3.63) is 68.7 Å². The van der Waals surface area contributed by atoms with Crippen LogP contribution in [-0.2, 0) is 20.7 Å². The molecule has 0 spiro atoms. The largest absolute Gasteiger partial charge is 0.452 e. The first kappa shape index (κ1) is 21.3. The Kier molecular flexibility index (Phi) is 7.28. The third kappa shape index (κ3) is 5.98. The molecule has 6 heteroatoms. The first-order valence-corrected chi connectivity index (χ1v) is 9.44. The molecule has 1 amide bonds. The molecule has 0 aliphatic rings. The van der Waals surface area contributed by atoms with Gasteiger partial charge in [-0.05, 0) is 62.1 Å². The minimum Gasteiger partial charge on any atom is -0.452 e. The van der Waals surface area contributed by atoms with Gasteiger partial charge < -0.3 is 10.1 Å². The summed E-state index contributed by atoms with van der Waals surface area (Å²) in [7, 11) is 0. The number of halogens is 2. The molecule has 2 aromatic rings. The standard InChI is InChI=1S/C21H23Cl2NO3/c1-12-5-6-16(9-13(12)2)10-20(25)27-15(4)21(26)24-14(3)18-8-7-17(22)11-19(18)23/h5-9,11,14-15H,10H2,1-4H3,(H,24,26)/t14-,15+/m0/s1. The number of rotatable bonds is 6. The topological polar surface area (TPSA) is 55.4 Å². The fourth-order valence-electron chi connectivity index (χ4n) is 2.63. The Balaban J connectivity index is 1.92. The van der Waals surface area contributed by atoms with Gasteiger partial charge >= 0.3 is 5.97 Å². The van der Waals surface area contributed by atoms with Gasteiger partial charge in [-0.2, -0.15) is 0 Å². The highest BCUT2D eigenvalue weighted by atomic mass is 35.5. The molecular formula is C21H23Cl2NO3. The molecule has 0 bridgehead atoms. The summed E-state index contributed by atoms with van der Waals surface area (Å²) in [5, 5.41) is 3.79. The van der Waals surface area contributed by atoms with E-state index >= 15 is 0 Å². The first-order valence-electron chi connectivity index (χ1n) is 8.68. The van der Waals surface area contributed by atoms with Crippen LogP contribution < -0.4 is 5.32 Å². The van der Waals surface area contributed by atoms with Crippen LogP contribution >= 0.6 is 23.2 Å². The third-order valence-electron chi connectivity index (χ3n) is 4.38. The van der Waals surface area contributed by atoms with E-state index in [0.717, 1.165) is 22.3 Å². The predicted octanol–water partition coefficient (Wildman–Crippen LogP) is 4.96. The second kappa shape index (κ2) is 9.25. The van der Waals surface area contributed by atoms with Gasteiger partial charge in [-0.15, -0.1) is 0 Å². The predicted molar refractivity (Wildman–Crippen MR) is 108 cm³/mol. The van der Waals surface area contributed by atoms with Crippen LogP contribution in [-0.4, -0.2) is 18.0 Å². The van der Waals surface area contributed by atoms with Gasteiger partial charge in [0.15, 0.2) is 6.10 Å². The van der Waals surface area contributed by atoms with Crippen LogP contribution in [0.1, 0.15) is 42.1 Å². The van der Waals surface area contributed by atoms with Crippen molar-refractivity contribution in [1.82, 2.24) is 5.32 Å². The summed E-state index contributed by atoms with van der Waals surface area (Å²) in [5.74, 6) is -0.833. The molecule has 4 nitrogen and oxygen atoms in total. The quantitative estimate of drug-likeness (QED) is 0.688. The maximum atomic E-state index is 12.3. The smallest absolute Gasteiger partial charge is 0.311 e. The van der Waals surface area contributed by atoms with E-state index in [1.807, 2.05) is 32.0 Å². The van der Waals surface area contributed by atoms with Gasteiger partial charge in [0.05, 0.1) is 12.5 Å². The van der Waals surface area contributed by atoms with Crippen LogP contribution in [0.15, 0.2) is 36.4 Å². The number of nitrogens with one attached hydrogen (secondary N) is 1. The molecule has 0 unspecified atom stereocenters. The Morgan fingerprint density at radius 1 is 1.04 bits per heavy atom. The summed E-state index contributed by atoms with van der Waals surface area (Å²) in [4.78, 5) is 24.5.